The number of alkyl halides is 6. The van der Waals surface area contributed by atoms with Crippen LogP contribution in [0.25, 0.3) is 0 Å². The molecule has 0 unspecified atom stereocenters. The molecule has 208 valence electrons. The van der Waals surface area contributed by atoms with Crippen LogP contribution in [-0.4, -0.2) is 101 Å². The van der Waals surface area contributed by atoms with E-state index in [4.69, 9.17) is 9.05 Å². The topological polar surface area (TPSA) is 124 Å². The van der Waals surface area contributed by atoms with E-state index in [1.807, 2.05) is 0 Å². The molecule has 0 bridgehead atoms. The average molecular weight is 567 g/mol. The molecule has 1 N–H and O–H groups in total. The Morgan fingerprint density at radius 2 is 1.20 bits per heavy atom. The summed E-state index contributed by atoms with van der Waals surface area (Å²) in [7, 11) is -3.66. The van der Waals surface area contributed by atoms with Crippen LogP contribution in [0.2, 0.25) is 0 Å². The highest BCUT2D eigenvalue weighted by Crippen LogP contribution is 2.48. The van der Waals surface area contributed by atoms with Crippen molar-refractivity contribution in [3.05, 3.63) is 0 Å². The van der Waals surface area contributed by atoms with Crippen LogP contribution >= 0.6 is 15.2 Å². The molecule has 35 heavy (non-hydrogen) atoms. The lowest BCUT2D eigenvalue weighted by atomic mass is 10.3. The van der Waals surface area contributed by atoms with Crippen molar-refractivity contribution in [1.29, 1.82) is 0 Å². The van der Waals surface area contributed by atoms with E-state index in [9.17, 15) is 45.1 Å². The van der Waals surface area contributed by atoms with E-state index in [0.29, 0.717) is 0 Å². The quantitative estimate of drug-likeness (QED) is 0.170. The number of amides is 2. The van der Waals surface area contributed by atoms with Gasteiger partial charge >= 0.3 is 39.4 Å². The second kappa shape index (κ2) is 14.5. The van der Waals surface area contributed by atoms with Gasteiger partial charge in [0.05, 0.1) is 0 Å². The Labute approximate surface area is 198 Å². The van der Waals surface area contributed by atoms with Gasteiger partial charge in [-0.2, -0.15) is 26.3 Å². The standard InChI is InChI=1S/C16H29F6N3O8P2/c1-30-34(28,31-2)11-24(8-5-7-23-13(26)15(17,18)19)9-6-10-25(14(27)16(20,21)22)12-35(29,32-3)33-4/h5-12H2,1-4H3,(H,23,26). The van der Waals surface area contributed by atoms with Gasteiger partial charge in [-0.15, -0.1) is 0 Å². The fourth-order valence-electron chi connectivity index (χ4n) is 2.59. The molecule has 0 spiro atoms. The van der Waals surface area contributed by atoms with E-state index < -0.39 is 58.7 Å². The molecule has 0 aromatic rings. The number of nitrogens with zero attached hydrogens (tertiary/aromatic N) is 2. The lowest BCUT2D eigenvalue weighted by molar-refractivity contribution is -0.184. The SMILES string of the molecule is COP(=O)(CN(CCCNC(=O)C(F)(F)F)CCCN(CP(=O)(OC)OC)C(=O)C(F)(F)F)OC. The van der Waals surface area contributed by atoms with Gasteiger partial charge in [-0.25, -0.2) is 0 Å². The summed E-state index contributed by atoms with van der Waals surface area (Å²) in [6.45, 7) is -1.14. The van der Waals surface area contributed by atoms with E-state index in [0.717, 1.165) is 28.4 Å². The minimum absolute atomic E-state index is 0.0526. The third kappa shape index (κ3) is 12.5. The predicted octanol–water partition coefficient (Wildman–Crippen LogP) is 3.02. The summed E-state index contributed by atoms with van der Waals surface area (Å²) in [5, 5.41) is 1.65. The Kier molecular flexibility index (Phi) is 14.0. The highest BCUT2D eigenvalue weighted by atomic mass is 31.2. The van der Waals surface area contributed by atoms with Gasteiger partial charge in [-0.3, -0.25) is 23.6 Å². The maximum atomic E-state index is 13.0. The molecule has 0 saturated carbocycles. The molecule has 0 radical (unpaired) electrons. The van der Waals surface area contributed by atoms with Crippen LogP contribution in [0.4, 0.5) is 26.3 Å². The Hall–Kier alpha value is -1.22. The maximum Gasteiger partial charge on any atom is 0.471 e. The molecule has 0 aliphatic heterocycles. The van der Waals surface area contributed by atoms with Crippen molar-refractivity contribution in [3.63, 3.8) is 0 Å². The predicted molar refractivity (Wildman–Crippen MR) is 111 cm³/mol. The highest BCUT2D eigenvalue weighted by molar-refractivity contribution is 7.54. The van der Waals surface area contributed by atoms with E-state index in [1.165, 1.54) is 4.90 Å². The van der Waals surface area contributed by atoms with Gasteiger partial charge in [0.1, 0.15) is 12.6 Å². The molecular formula is C16H29F6N3O8P2. The Morgan fingerprint density at radius 3 is 1.63 bits per heavy atom. The van der Waals surface area contributed by atoms with E-state index in [1.54, 1.807) is 5.32 Å². The number of carbonyl (C=O) groups excluding carboxylic acids is 2. The molecule has 0 aromatic carbocycles. The van der Waals surface area contributed by atoms with Gasteiger partial charge in [0.2, 0.25) is 0 Å². The first-order valence-electron chi connectivity index (χ1n) is 9.81. The molecule has 0 aromatic heterocycles. The number of rotatable bonds is 16. The van der Waals surface area contributed by atoms with Crippen LogP contribution in [0.5, 0.6) is 0 Å². The zero-order valence-electron chi connectivity index (χ0n) is 19.5. The van der Waals surface area contributed by atoms with Crippen molar-refractivity contribution >= 4 is 27.0 Å². The molecule has 0 atom stereocenters. The lowest BCUT2D eigenvalue weighted by Crippen LogP contribution is -2.43. The Morgan fingerprint density at radius 1 is 0.743 bits per heavy atom. The molecule has 0 fully saturated rings. The zero-order valence-corrected chi connectivity index (χ0v) is 21.3. The van der Waals surface area contributed by atoms with Gasteiger partial charge in [0.15, 0.2) is 0 Å². The Bertz CT molecular complexity index is 767. The molecule has 0 heterocycles. The fourth-order valence-corrected chi connectivity index (χ4v) is 4.81. The molecule has 0 saturated heterocycles. The molecule has 19 heteroatoms. The number of halogens is 6. The van der Waals surface area contributed by atoms with Crippen molar-refractivity contribution in [3.8, 4) is 0 Å². The molecule has 0 aliphatic rings. The maximum absolute atomic E-state index is 13.0. The van der Waals surface area contributed by atoms with Crippen molar-refractivity contribution in [2.75, 3.05) is 67.2 Å². The van der Waals surface area contributed by atoms with Crippen LogP contribution in [0.3, 0.4) is 0 Å². The third-order valence-corrected chi connectivity index (χ3v) is 8.12. The molecule has 0 rings (SSSR count). The fraction of sp³-hybridized carbons (Fsp3) is 0.875. The molecular weight excluding hydrogens is 538 g/mol. The van der Waals surface area contributed by atoms with Gasteiger partial charge in [-0.05, 0) is 12.8 Å². The summed E-state index contributed by atoms with van der Waals surface area (Å²) in [5.74, 6) is -4.43. The van der Waals surface area contributed by atoms with Crippen LogP contribution in [-0.2, 0) is 36.8 Å². The smallest absolute Gasteiger partial charge is 0.348 e. The minimum Gasteiger partial charge on any atom is -0.348 e. The lowest BCUT2D eigenvalue weighted by Gasteiger charge is -2.29. The first-order valence-corrected chi connectivity index (χ1v) is 13.3. The van der Waals surface area contributed by atoms with Crippen LogP contribution in [0.1, 0.15) is 12.8 Å². The second-order valence-electron chi connectivity index (χ2n) is 6.88. The largest absolute Gasteiger partial charge is 0.471 e. The van der Waals surface area contributed by atoms with Crippen LogP contribution in [0.15, 0.2) is 0 Å². The van der Waals surface area contributed by atoms with E-state index >= 15 is 0 Å². The monoisotopic (exact) mass is 567 g/mol. The molecule has 11 nitrogen and oxygen atoms in total. The van der Waals surface area contributed by atoms with Gasteiger partial charge in [-0.1, -0.05) is 0 Å². The van der Waals surface area contributed by atoms with E-state index in [2.05, 4.69) is 9.05 Å². The van der Waals surface area contributed by atoms with E-state index in [-0.39, 0.29) is 37.1 Å². The summed E-state index contributed by atoms with van der Waals surface area (Å²) in [5.41, 5.74) is 0. The van der Waals surface area contributed by atoms with Gasteiger partial charge in [0.25, 0.3) is 0 Å². The number of nitrogens with one attached hydrogen (secondary N) is 1. The zero-order chi connectivity index (χ0) is 27.5. The molecule has 2 amide bonds. The summed E-state index contributed by atoms with van der Waals surface area (Å²) in [6.07, 6.45) is -11.9. The van der Waals surface area contributed by atoms with Gasteiger partial charge < -0.3 is 28.3 Å². The Balaban J connectivity index is 5.31. The number of hydrogen-bond donors (Lipinski definition) is 1. The molecule has 0 aliphatic carbocycles. The number of carbonyl (C=O) groups is 2. The summed E-state index contributed by atoms with van der Waals surface area (Å²) < 4.78 is 119. The number of hydrogen-bond acceptors (Lipinski definition) is 9. The normalized spacial score (nSPS) is 13.2. The van der Waals surface area contributed by atoms with Crippen LogP contribution < -0.4 is 5.32 Å². The van der Waals surface area contributed by atoms with Crippen molar-refractivity contribution in [2.24, 2.45) is 0 Å². The second-order valence-corrected chi connectivity index (χ2v) is 11.4. The third-order valence-electron chi connectivity index (χ3n) is 4.46. The summed E-state index contributed by atoms with van der Waals surface area (Å²) in [6, 6.07) is 0. The highest BCUT2D eigenvalue weighted by Gasteiger charge is 2.44. The summed E-state index contributed by atoms with van der Waals surface area (Å²) >= 11 is 0. The first-order chi connectivity index (χ1) is 16.0. The van der Waals surface area contributed by atoms with Crippen molar-refractivity contribution in [2.45, 2.75) is 25.2 Å². The minimum atomic E-state index is -5.27. The first kappa shape index (κ1) is 33.8. The van der Waals surface area contributed by atoms with Gasteiger partial charge in [0, 0.05) is 54.6 Å². The summed E-state index contributed by atoms with van der Waals surface area (Å²) in [4.78, 5) is 24.2. The van der Waals surface area contributed by atoms with Crippen molar-refractivity contribution < 1.29 is 63.2 Å². The van der Waals surface area contributed by atoms with Crippen LogP contribution in [0, 0.1) is 0 Å². The van der Waals surface area contributed by atoms with Crippen molar-refractivity contribution in [1.82, 2.24) is 15.1 Å². The average Bonchev–Trinajstić information content (AvgIpc) is 2.78.